The molecule has 1 aliphatic carbocycles. The third-order valence-electron chi connectivity index (χ3n) is 8.06. The van der Waals surface area contributed by atoms with E-state index in [0.29, 0.717) is 6.42 Å². The first kappa shape index (κ1) is 28.7. The minimum atomic E-state index is -1.32. The summed E-state index contributed by atoms with van der Waals surface area (Å²) in [7, 11) is 0. The molecule has 0 bridgehead atoms. The van der Waals surface area contributed by atoms with Crippen LogP contribution in [-0.2, 0) is 19.2 Å². The Kier molecular flexibility index (Phi) is 8.44. The maximum atomic E-state index is 13.2. The summed E-state index contributed by atoms with van der Waals surface area (Å²) < 4.78 is 0. The van der Waals surface area contributed by atoms with Crippen LogP contribution in [0.25, 0.3) is 0 Å². The zero-order valence-corrected chi connectivity index (χ0v) is 22.4. The SMILES string of the molecule is CC1(C)[C@@H](C(=O)N[C@@H](CC(=O)O)C(=O)N2CCN(C(=O)c3c(Cl)cccc3Cl)CC2)CC[C@@]1(C)C(=O)O. The van der Waals surface area contributed by atoms with Gasteiger partial charge in [0.25, 0.3) is 5.91 Å². The number of carbonyl (C=O) groups is 5. The van der Waals surface area contributed by atoms with Gasteiger partial charge in [-0.25, -0.2) is 0 Å². The molecule has 0 spiro atoms. The number of nitrogens with zero attached hydrogens (tertiary/aromatic N) is 2. The van der Waals surface area contributed by atoms with Crippen molar-refractivity contribution in [3.8, 4) is 0 Å². The number of rotatable bonds is 7. The number of amides is 3. The Balaban J connectivity index is 1.68. The summed E-state index contributed by atoms with van der Waals surface area (Å²) in [6.07, 6.45) is -0.0281. The molecule has 3 atom stereocenters. The molecular formula is C25H31Cl2N3O7. The van der Waals surface area contributed by atoms with E-state index in [-0.39, 0.29) is 54.1 Å². The molecule has 2 aliphatic rings. The van der Waals surface area contributed by atoms with Gasteiger partial charge in [-0.1, -0.05) is 43.1 Å². The Hall–Kier alpha value is -2.85. The van der Waals surface area contributed by atoms with Crippen LogP contribution < -0.4 is 5.32 Å². The van der Waals surface area contributed by atoms with E-state index < -0.39 is 53.0 Å². The summed E-state index contributed by atoms with van der Waals surface area (Å²) in [5.41, 5.74) is -1.87. The molecule has 202 valence electrons. The first-order chi connectivity index (χ1) is 17.2. The predicted octanol–water partition coefficient (Wildman–Crippen LogP) is 2.76. The molecule has 3 amide bonds. The van der Waals surface area contributed by atoms with Crippen LogP contribution in [0, 0.1) is 16.7 Å². The topological polar surface area (TPSA) is 144 Å². The molecule has 1 saturated heterocycles. The maximum absolute atomic E-state index is 13.2. The van der Waals surface area contributed by atoms with E-state index in [2.05, 4.69) is 5.32 Å². The van der Waals surface area contributed by atoms with Gasteiger partial charge < -0.3 is 25.3 Å². The molecule has 0 radical (unpaired) electrons. The van der Waals surface area contributed by atoms with Crippen molar-refractivity contribution < 1.29 is 34.2 Å². The monoisotopic (exact) mass is 555 g/mol. The van der Waals surface area contributed by atoms with Crippen molar-refractivity contribution in [2.24, 2.45) is 16.7 Å². The number of nitrogens with one attached hydrogen (secondary N) is 1. The summed E-state index contributed by atoms with van der Waals surface area (Å²) in [5.74, 6) is -4.46. The van der Waals surface area contributed by atoms with Crippen molar-refractivity contribution in [3.05, 3.63) is 33.8 Å². The van der Waals surface area contributed by atoms with Crippen LogP contribution in [0.2, 0.25) is 10.0 Å². The van der Waals surface area contributed by atoms with Crippen molar-refractivity contribution in [1.82, 2.24) is 15.1 Å². The molecule has 3 rings (SSSR count). The number of piperazine rings is 1. The molecule has 37 heavy (non-hydrogen) atoms. The quantitative estimate of drug-likeness (QED) is 0.469. The number of benzene rings is 1. The van der Waals surface area contributed by atoms with E-state index in [4.69, 9.17) is 23.2 Å². The Bertz CT molecular complexity index is 1100. The fourth-order valence-corrected chi connectivity index (χ4v) is 5.76. The molecule has 12 heteroatoms. The van der Waals surface area contributed by atoms with Crippen LogP contribution in [0.1, 0.15) is 50.4 Å². The molecule has 1 saturated carbocycles. The van der Waals surface area contributed by atoms with Crippen molar-refractivity contribution in [3.63, 3.8) is 0 Å². The van der Waals surface area contributed by atoms with Crippen LogP contribution in [0.15, 0.2) is 18.2 Å². The van der Waals surface area contributed by atoms with Crippen molar-refractivity contribution >= 4 is 52.9 Å². The molecule has 1 aliphatic heterocycles. The summed E-state index contributed by atoms with van der Waals surface area (Å²) >= 11 is 12.3. The van der Waals surface area contributed by atoms with E-state index in [1.54, 1.807) is 39.0 Å². The predicted molar refractivity (Wildman–Crippen MR) is 135 cm³/mol. The first-order valence-electron chi connectivity index (χ1n) is 12.0. The van der Waals surface area contributed by atoms with Gasteiger partial charge in [0.05, 0.1) is 27.4 Å². The number of hydrogen-bond acceptors (Lipinski definition) is 5. The molecule has 3 N–H and O–H groups in total. The number of carbonyl (C=O) groups excluding carboxylic acids is 3. The summed E-state index contributed by atoms with van der Waals surface area (Å²) in [6.45, 7) is 5.61. The van der Waals surface area contributed by atoms with Crippen LogP contribution >= 0.6 is 23.2 Å². The van der Waals surface area contributed by atoms with Gasteiger partial charge in [0, 0.05) is 32.1 Å². The molecule has 0 unspecified atom stereocenters. The average molecular weight is 556 g/mol. The lowest BCUT2D eigenvalue weighted by molar-refractivity contribution is -0.155. The summed E-state index contributed by atoms with van der Waals surface area (Å²) in [5, 5.41) is 22.1. The molecule has 10 nitrogen and oxygen atoms in total. The van der Waals surface area contributed by atoms with E-state index in [1.165, 1.54) is 9.80 Å². The lowest BCUT2D eigenvalue weighted by atomic mass is 9.65. The minimum Gasteiger partial charge on any atom is -0.481 e. The Morgan fingerprint density at radius 2 is 1.54 bits per heavy atom. The van der Waals surface area contributed by atoms with Crippen LogP contribution in [0.5, 0.6) is 0 Å². The highest BCUT2D eigenvalue weighted by molar-refractivity contribution is 6.39. The normalized spacial score (nSPS) is 23.9. The van der Waals surface area contributed by atoms with Gasteiger partial charge in [0.15, 0.2) is 0 Å². The van der Waals surface area contributed by atoms with Crippen molar-refractivity contribution in [1.29, 1.82) is 0 Å². The van der Waals surface area contributed by atoms with E-state index in [1.807, 2.05) is 0 Å². The Labute approximate surface area is 224 Å². The largest absolute Gasteiger partial charge is 0.481 e. The molecule has 1 aromatic carbocycles. The van der Waals surface area contributed by atoms with E-state index in [9.17, 15) is 34.2 Å². The standard InChI is InChI=1S/C25H31Cl2N3O7/c1-24(2)14(7-8-25(24,3)23(36)37)20(33)28-17(13-18(31)32)21(34)29-9-11-30(12-10-29)22(35)19-15(26)5-4-6-16(19)27/h4-6,14,17H,7-13H2,1-3H3,(H,28,33)(H,31,32)(H,36,37)/t14-,17+,25+/m1/s1. The second-order valence-electron chi connectivity index (χ2n) is 10.3. The second kappa shape index (κ2) is 10.9. The smallest absolute Gasteiger partial charge is 0.309 e. The van der Waals surface area contributed by atoms with Gasteiger partial charge in [-0.15, -0.1) is 0 Å². The third-order valence-corrected chi connectivity index (χ3v) is 8.69. The third kappa shape index (κ3) is 5.55. The van der Waals surface area contributed by atoms with E-state index >= 15 is 0 Å². The summed E-state index contributed by atoms with van der Waals surface area (Å²) in [6, 6.07) is 3.43. The van der Waals surface area contributed by atoms with Gasteiger partial charge in [-0.2, -0.15) is 0 Å². The Morgan fingerprint density at radius 1 is 1.00 bits per heavy atom. The van der Waals surface area contributed by atoms with Crippen molar-refractivity contribution in [2.75, 3.05) is 26.2 Å². The van der Waals surface area contributed by atoms with Gasteiger partial charge >= 0.3 is 11.9 Å². The van der Waals surface area contributed by atoms with E-state index in [0.717, 1.165) is 0 Å². The fraction of sp³-hybridized carbons (Fsp3) is 0.560. The number of aliphatic carboxylic acids is 2. The zero-order valence-electron chi connectivity index (χ0n) is 20.9. The van der Waals surface area contributed by atoms with Gasteiger partial charge in [0.2, 0.25) is 11.8 Å². The van der Waals surface area contributed by atoms with Crippen LogP contribution in [0.3, 0.4) is 0 Å². The lowest BCUT2D eigenvalue weighted by Crippen LogP contribution is -2.57. The average Bonchev–Trinajstić information content (AvgIpc) is 3.07. The fourth-order valence-electron chi connectivity index (χ4n) is 5.20. The van der Waals surface area contributed by atoms with Crippen molar-refractivity contribution in [2.45, 2.75) is 46.1 Å². The molecule has 1 aromatic rings. The number of carboxylic acids is 2. The molecule has 0 aromatic heterocycles. The highest BCUT2D eigenvalue weighted by atomic mass is 35.5. The molecular weight excluding hydrogens is 525 g/mol. The Morgan fingerprint density at radius 3 is 2.03 bits per heavy atom. The van der Waals surface area contributed by atoms with Gasteiger partial charge in [0.1, 0.15) is 6.04 Å². The zero-order chi connectivity index (χ0) is 27.7. The number of halogens is 2. The second-order valence-corrected chi connectivity index (χ2v) is 11.1. The number of carboxylic acid groups (broad SMARTS) is 2. The van der Waals surface area contributed by atoms with Crippen LogP contribution in [0.4, 0.5) is 0 Å². The molecule has 1 heterocycles. The lowest BCUT2D eigenvalue weighted by Gasteiger charge is -2.39. The van der Waals surface area contributed by atoms with Gasteiger partial charge in [-0.05, 0) is 37.3 Å². The highest BCUT2D eigenvalue weighted by Crippen LogP contribution is 2.56. The molecule has 2 fully saturated rings. The first-order valence-corrected chi connectivity index (χ1v) is 12.7. The summed E-state index contributed by atoms with van der Waals surface area (Å²) in [4.78, 5) is 65.6. The van der Waals surface area contributed by atoms with Crippen LogP contribution in [-0.4, -0.2) is 81.9 Å². The minimum absolute atomic E-state index is 0.130. The number of hydrogen-bond donors (Lipinski definition) is 3. The van der Waals surface area contributed by atoms with Gasteiger partial charge in [-0.3, -0.25) is 24.0 Å². The highest BCUT2D eigenvalue weighted by Gasteiger charge is 2.58. The maximum Gasteiger partial charge on any atom is 0.309 e.